The smallest absolute Gasteiger partial charge is 0.266 e. The van der Waals surface area contributed by atoms with Crippen molar-refractivity contribution in [2.24, 2.45) is 4.99 Å². The van der Waals surface area contributed by atoms with Gasteiger partial charge < -0.3 is 9.47 Å². The van der Waals surface area contributed by atoms with Gasteiger partial charge in [0.1, 0.15) is 18.1 Å². The van der Waals surface area contributed by atoms with Gasteiger partial charge >= 0.3 is 0 Å². The Labute approximate surface area is 225 Å². The minimum Gasteiger partial charge on any atom is -0.497 e. The van der Waals surface area contributed by atoms with Crippen molar-refractivity contribution in [2.45, 2.75) is 13.5 Å². The van der Waals surface area contributed by atoms with Gasteiger partial charge in [-0.1, -0.05) is 18.2 Å². The van der Waals surface area contributed by atoms with E-state index in [9.17, 15) is 4.79 Å². The van der Waals surface area contributed by atoms with Crippen LogP contribution in [0.15, 0.2) is 81.1 Å². The zero-order chi connectivity index (χ0) is 24.1. The number of benzene rings is 3. The first-order valence-corrected chi connectivity index (χ1v) is 13.3. The molecule has 5 nitrogen and oxygen atoms in total. The summed E-state index contributed by atoms with van der Waals surface area (Å²) in [6.07, 6.45) is 1.89. The summed E-state index contributed by atoms with van der Waals surface area (Å²) >= 11 is 7.26. The van der Waals surface area contributed by atoms with Crippen molar-refractivity contribution in [3.63, 3.8) is 0 Å². The summed E-state index contributed by atoms with van der Waals surface area (Å²) in [5.74, 6) is 1.47. The number of hydrogen-bond acceptors (Lipinski definition) is 5. The normalized spacial score (nSPS) is 15.9. The first-order chi connectivity index (χ1) is 16.5. The largest absolute Gasteiger partial charge is 0.497 e. The summed E-state index contributed by atoms with van der Waals surface area (Å²) < 4.78 is 13.2. The number of halogens is 2. The molecule has 0 radical (unpaired) electrons. The van der Waals surface area contributed by atoms with Gasteiger partial charge in [0.2, 0.25) is 0 Å². The zero-order valence-corrected chi connectivity index (χ0v) is 23.2. The maximum absolute atomic E-state index is 13.0. The van der Waals surface area contributed by atoms with Crippen LogP contribution in [0.5, 0.6) is 11.5 Å². The van der Waals surface area contributed by atoms with E-state index in [-0.39, 0.29) is 5.91 Å². The highest BCUT2D eigenvalue weighted by Crippen LogP contribution is 2.35. The van der Waals surface area contributed by atoms with E-state index < -0.39 is 0 Å². The molecular formula is C26H22BrIN2O3S. The standard InChI is InChI=1S/C26H22BrIN2O3S/c1-3-30-25(31)24(34-26(30)29-20-9-11-21(32-2)12-10-20)15-18-6-13-23(22(27)14-18)33-16-17-4-7-19(28)8-5-17/h4-15H,3,16H2,1-2H3/b24-15+,29-26?. The number of aliphatic imine (C=N–C) groups is 1. The Morgan fingerprint density at radius 3 is 2.47 bits per heavy atom. The van der Waals surface area contributed by atoms with Crippen molar-refractivity contribution in [1.29, 1.82) is 0 Å². The van der Waals surface area contributed by atoms with Crippen molar-refractivity contribution in [3.05, 3.63) is 90.8 Å². The van der Waals surface area contributed by atoms with Crippen molar-refractivity contribution in [1.82, 2.24) is 4.90 Å². The van der Waals surface area contributed by atoms with E-state index in [2.05, 4.69) is 67.8 Å². The lowest BCUT2D eigenvalue weighted by Crippen LogP contribution is -2.28. The number of amides is 1. The molecule has 3 aromatic rings. The molecule has 1 heterocycles. The fraction of sp³-hybridized carbons (Fsp3) is 0.154. The predicted molar refractivity (Wildman–Crippen MR) is 151 cm³/mol. The van der Waals surface area contributed by atoms with Crippen LogP contribution in [0.3, 0.4) is 0 Å². The summed E-state index contributed by atoms with van der Waals surface area (Å²) in [5, 5.41) is 0.667. The summed E-state index contributed by atoms with van der Waals surface area (Å²) in [6, 6.07) is 21.5. The van der Waals surface area contributed by atoms with Gasteiger partial charge in [-0.3, -0.25) is 9.69 Å². The molecule has 1 amide bonds. The number of methoxy groups -OCH3 is 1. The third-order valence-electron chi connectivity index (χ3n) is 5.06. The predicted octanol–water partition coefficient (Wildman–Crippen LogP) is 7.27. The summed E-state index contributed by atoms with van der Waals surface area (Å²) in [6.45, 7) is 2.98. The summed E-state index contributed by atoms with van der Waals surface area (Å²) in [5.41, 5.74) is 2.79. The maximum atomic E-state index is 13.0. The van der Waals surface area contributed by atoms with E-state index in [0.29, 0.717) is 23.2 Å². The lowest BCUT2D eigenvalue weighted by atomic mass is 10.2. The van der Waals surface area contributed by atoms with Gasteiger partial charge in [-0.2, -0.15) is 0 Å². The molecule has 1 saturated heterocycles. The van der Waals surface area contributed by atoms with Crippen LogP contribution in [0.25, 0.3) is 6.08 Å². The number of likely N-dealkylation sites (N-methyl/N-ethyl adjacent to an activating group) is 1. The molecule has 0 aliphatic carbocycles. The van der Waals surface area contributed by atoms with Crippen LogP contribution < -0.4 is 9.47 Å². The molecule has 3 aromatic carbocycles. The third kappa shape index (κ3) is 6.03. The molecule has 0 unspecified atom stereocenters. The van der Waals surface area contributed by atoms with Crippen molar-refractivity contribution >= 4 is 73.1 Å². The Balaban J connectivity index is 1.49. The SMILES string of the molecule is CCN1C(=O)/C(=C\c2ccc(OCc3ccc(I)cc3)c(Br)c2)SC1=Nc1ccc(OC)cc1. The quantitative estimate of drug-likeness (QED) is 0.200. The number of ether oxygens (including phenoxy) is 2. The molecule has 174 valence electrons. The molecule has 1 aliphatic rings. The number of thioether (sulfide) groups is 1. The van der Waals surface area contributed by atoms with E-state index in [1.165, 1.54) is 15.3 Å². The third-order valence-corrected chi connectivity index (χ3v) is 7.41. The van der Waals surface area contributed by atoms with Crippen LogP contribution in [-0.4, -0.2) is 29.6 Å². The Bertz CT molecular complexity index is 1240. The van der Waals surface area contributed by atoms with Crippen LogP contribution in [0.1, 0.15) is 18.1 Å². The lowest BCUT2D eigenvalue weighted by molar-refractivity contribution is -0.122. The first-order valence-electron chi connectivity index (χ1n) is 10.6. The van der Waals surface area contributed by atoms with Crippen molar-refractivity contribution in [2.75, 3.05) is 13.7 Å². The number of rotatable bonds is 7. The molecule has 8 heteroatoms. The molecule has 1 fully saturated rings. The first kappa shape index (κ1) is 24.8. The number of amidine groups is 1. The molecule has 0 saturated carbocycles. The molecule has 0 aromatic heterocycles. The number of carbonyl (C=O) groups excluding carboxylic acids is 1. The molecule has 0 atom stereocenters. The van der Waals surface area contributed by atoms with Crippen LogP contribution in [0.2, 0.25) is 0 Å². The van der Waals surface area contributed by atoms with E-state index >= 15 is 0 Å². The van der Waals surface area contributed by atoms with Crippen LogP contribution in [0, 0.1) is 3.57 Å². The molecule has 0 spiro atoms. The molecular weight excluding hydrogens is 627 g/mol. The van der Waals surface area contributed by atoms with Crippen LogP contribution >= 0.6 is 50.3 Å². The monoisotopic (exact) mass is 648 g/mol. The molecule has 34 heavy (non-hydrogen) atoms. The second kappa shape index (κ2) is 11.4. The number of nitrogens with zero attached hydrogens (tertiary/aromatic N) is 2. The highest BCUT2D eigenvalue weighted by atomic mass is 127. The summed E-state index contributed by atoms with van der Waals surface area (Å²) in [7, 11) is 1.63. The topological polar surface area (TPSA) is 51.1 Å². The highest BCUT2D eigenvalue weighted by Gasteiger charge is 2.32. The molecule has 1 aliphatic heterocycles. The minimum atomic E-state index is -0.0464. The van der Waals surface area contributed by atoms with Gasteiger partial charge in [0.25, 0.3) is 5.91 Å². The Kier molecular flexibility index (Phi) is 8.33. The lowest BCUT2D eigenvalue weighted by Gasteiger charge is -2.12. The molecule has 0 bridgehead atoms. The van der Waals surface area contributed by atoms with Crippen molar-refractivity contribution < 1.29 is 14.3 Å². The highest BCUT2D eigenvalue weighted by molar-refractivity contribution is 14.1. The molecule has 4 rings (SSSR count). The molecule has 0 N–H and O–H groups in total. The van der Waals surface area contributed by atoms with Gasteiger partial charge in [-0.25, -0.2) is 4.99 Å². The average Bonchev–Trinajstić information content (AvgIpc) is 3.13. The van der Waals surface area contributed by atoms with E-state index in [1.807, 2.05) is 55.5 Å². The van der Waals surface area contributed by atoms with E-state index in [0.717, 1.165) is 32.8 Å². The Morgan fingerprint density at radius 1 is 1.09 bits per heavy atom. The van der Waals surface area contributed by atoms with Gasteiger partial charge in [0.05, 0.1) is 22.2 Å². The fourth-order valence-electron chi connectivity index (χ4n) is 3.25. The maximum Gasteiger partial charge on any atom is 0.266 e. The van der Waals surface area contributed by atoms with Gasteiger partial charge in [-0.05, 0) is 123 Å². The average molecular weight is 649 g/mol. The number of carbonyl (C=O) groups is 1. The number of hydrogen-bond donors (Lipinski definition) is 0. The zero-order valence-electron chi connectivity index (χ0n) is 18.6. The minimum absolute atomic E-state index is 0.0464. The summed E-state index contributed by atoms with van der Waals surface area (Å²) in [4.78, 5) is 20.0. The van der Waals surface area contributed by atoms with E-state index in [1.54, 1.807) is 12.0 Å². The Hall–Kier alpha value is -2.30. The van der Waals surface area contributed by atoms with Crippen LogP contribution in [0.4, 0.5) is 5.69 Å². The Morgan fingerprint density at radius 2 is 1.82 bits per heavy atom. The second-order valence-electron chi connectivity index (χ2n) is 7.36. The van der Waals surface area contributed by atoms with Crippen molar-refractivity contribution in [3.8, 4) is 11.5 Å². The van der Waals surface area contributed by atoms with E-state index in [4.69, 9.17) is 9.47 Å². The van der Waals surface area contributed by atoms with Gasteiger partial charge in [0.15, 0.2) is 5.17 Å². The van der Waals surface area contributed by atoms with Gasteiger partial charge in [0, 0.05) is 10.1 Å². The van der Waals surface area contributed by atoms with Gasteiger partial charge in [-0.15, -0.1) is 0 Å². The van der Waals surface area contributed by atoms with Crippen LogP contribution in [-0.2, 0) is 11.4 Å². The second-order valence-corrected chi connectivity index (χ2v) is 10.5. The fourth-order valence-corrected chi connectivity index (χ4v) is 5.19.